The molecule has 0 amide bonds. The first kappa shape index (κ1) is 10.7. The van der Waals surface area contributed by atoms with E-state index in [4.69, 9.17) is 0 Å². The van der Waals surface area contributed by atoms with Crippen LogP contribution in [-0.2, 0) is 5.41 Å². The Hall–Kier alpha value is -1.84. The van der Waals surface area contributed by atoms with Crippen molar-refractivity contribution in [2.24, 2.45) is 0 Å². The highest BCUT2D eigenvalue weighted by Crippen LogP contribution is 2.16. The zero-order valence-corrected chi connectivity index (χ0v) is 9.69. The number of benzene rings is 1. The average molecular weight is 217 g/mol. The quantitative estimate of drug-likeness (QED) is 0.792. The van der Waals surface area contributed by atoms with Crippen LogP contribution in [0.4, 0.5) is 0 Å². The minimum atomic E-state index is -0.198. The van der Waals surface area contributed by atoms with Gasteiger partial charge in [0.05, 0.1) is 5.69 Å². The predicted octanol–water partition coefficient (Wildman–Crippen LogP) is 1.86. The lowest BCUT2D eigenvalue weighted by atomic mass is 9.96. The van der Waals surface area contributed by atoms with E-state index in [9.17, 15) is 4.79 Å². The van der Waals surface area contributed by atoms with E-state index in [1.807, 2.05) is 51.1 Å². The molecule has 1 aromatic heterocycles. The van der Waals surface area contributed by atoms with E-state index < -0.39 is 0 Å². The van der Waals surface area contributed by atoms with Gasteiger partial charge < -0.3 is 0 Å². The van der Waals surface area contributed by atoms with Crippen LogP contribution >= 0.6 is 0 Å². The van der Waals surface area contributed by atoms with Gasteiger partial charge in [0.15, 0.2) is 0 Å². The molecule has 0 spiro atoms. The molecule has 0 saturated carbocycles. The van der Waals surface area contributed by atoms with Crippen molar-refractivity contribution >= 4 is 0 Å². The maximum atomic E-state index is 11.7. The summed E-state index contributed by atoms with van der Waals surface area (Å²) < 4.78 is 1.39. The molecule has 0 unspecified atom stereocenters. The smallest absolute Gasteiger partial charge is 0.292 e. The number of nitrogens with one attached hydrogen (secondary N) is 1. The molecule has 0 aliphatic rings. The zero-order valence-electron chi connectivity index (χ0n) is 9.69. The number of rotatable bonds is 1. The number of H-pyrrole nitrogens is 1. The van der Waals surface area contributed by atoms with Gasteiger partial charge in [0.1, 0.15) is 5.82 Å². The lowest BCUT2D eigenvalue weighted by Gasteiger charge is -2.12. The normalized spacial score (nSPS) is 11.7. The molecule has 1 aromatic carbocycles. The van der Waals surface area contributed by atoms with Crippen molar-refractivity contribution in [2.45, 2.75) is 26.2 Å². The fraction of sp³-hybridized carbons (Fsp3) is 0.333. The second-order valence-corrected chi connectivity index (χ2v) is 4.78. The third-order valence-electron chi connectivity index (χ3n) is 2.33. The van der Waals surface area contributed by atoms with Crippen LogP contribution in [0.15, 0.2) is 35.1 Å². The predicted molar refractivity (Wildman–Crippen MR) is 62.9 cm³/mol. The Labute approximate surface area is 93.9 Å². The maximum absolute atomic E-state index is 11.7. The molecule has 4 heteroatoms. The van der Waals surface area contributed by atoms with Crippen LogP contribution in [0.2, 0.25) is 0 Å². The number of hydrogen-bond acceptors (Lipinski definition) is 2. The molecule has 4 nitrogen and oxygen atoms in total. The molecule has 0 aliphatic carbocycles. The number of para-hydroxylation sites is 1. The van der Waals surface area contributed by atoms with Crippen molar-refractivity contribution in [3.05, 3.63) is 46.6 Å². The first-order valence-electron chi connectivity index (χ1n) is 5.24. The highest BCUT2D eigenvalue weighted by molar-refractivity contribution is 5.29. The topological polar surface area (TPSA) is 50.7 Å². The van der Waals surface area contributed by atoms with Crippen molar-refractivity contribution in [3.8, 4) is 5.69 Å². The molecule has 2 rings (SSSR count). The molecule has 16 heavy (non-hydrogen) atoms. The van der Waals surface area contributed by atoms with Gasteiger partial charge in [-0.3, -0.25) is 4.98 Å². The fourth-order valence-corrected chi connectivity index (χ4v) is 1.41. The second kappa shape index (κ2) is 3.63. The molecule has 0 radical (unpaired) electrons. The summed E-state index contributed by atoms with van der Waals surface area (Å²) in [6.45, 7) is 6.04. The highest BCUT2D eigenvalue weighted by atomic mass is 16.1. The Morgan fingerprint density at radius 2 is 1.81 bits per heavy atom. The number of hydrogen-bond donors (Lipinski definition) is 1. The Morgan fingerprint density at radius 1 is 1.19 bits per heavy atom. The average Bonchev–Trinajstić information content (AvgIpc) is 2.61. The van der Waals surface area contributed by atoms with Gasteiger partial charge in [-0.1, -0.05) is 39.0 Å². The molecular weight excluding hydrogens is 202 g/mol. The van der Waals surface area contributed by atoms with Crippen LogP contribution in [0, 0.1) is 0 Å². The van der Waals surface area contributed by atoms with Crippen LogP contribution in [0.5, 0.6) is 0 Å². The minimum Gasteiger partial charge on any atom is -0.292 e. The SMILES string of the molecule is CC(C)(C)c1nn(-c2ccccc2)c(=O)[nH]1. The summed E-state index contributed by atoms with van der Waals surface area (Å²) in [5.74, 6) is 0.696. The molecule has 0 saturated heterocycles. The summed E-state index contributed by atoms with van der Waals surface area (Å²) in [5, 5.41) is 4.30. The molecule has 1 heterocycles. The standard InChI is InChI=1S/C12H15N3O/c1-12(2,3)10-13-11(16)15(14-10)9-7-5-4-6-8-9/h4-8H,1-3H3,(H,13,14,16). The first-order valence-corrected chi connectivity index (χ1v) is 5.24. The lowest BCUT2D eigenvalue weighted by Crippen LogP contribution is -2.15. The van der Waals surface area contributed by atoms with Crippen LogP contribution < -0.4 is 5.69 Å². The van der Waals surface area contributed by atoms with Crippen molar-refractivity contribution < 1.29 is 0 Å². The molecule has 84 valence electrons. The summed E-state index contributed by atoms with van der Waals surface area (Å²) in [6.07, 6.45) is 0. The minimum absolute atomic E-state index is 0.154. The van der Waals surface area contributed by atoms with E-state index >= 15 is 0 Å². The monoisotopic (exact) mass is 217 g/mol. The fourth-order valence-electron chi connectivity index (χ4n) is 1.41. The van der Waals surface area contributed by atoms with E-state index in [1.54, 1.807) is 0 Å². The summed E-state index contributed by atoms with van der Waals surface area (Å²) in [6, 6.07) is 9.38. The van der Waals surface area contributed by atoms with Crippen LogP contribution in [0.1, 0.15) is 26.6 Å². The Bertz CT molecular complexity index is 531. The van der Waals surface area contributed by atoms with Gasteiger partial charge in [-0.05, 0) is 12.1 Å². The zero-order chi connectivity index (χ0) is 11.8. The van der Waals surface area contributed by atoms with E-state index in [0.717, 1.165) is 5.69 Å². The van der Waals surface area contributed by atoms with Gasteiger partial charge in [0.25, 0.3) is 0 Å². The van der Waals surface area contributed by atoms with Crippen molar-refractivity contribution in [1.82, 2.24) is 14.8 Å². The van der Waals surface area contributed by atoms with E-state index in [-0.39, 0.29) is 11.1 Å². The number of aromatic nitrogens is 3. The highest BCUT2D eigenvalue weighted by Gasteiger charge is 2.19. The number of aromatic amines is 1. The Morgan fingerprint density at radius 3 is 2.31 bits per heavy atom. The van der Waals surface area contributed by atoms with Gasteiger partial charge >= 0.3 is 5.69 Å². The molecule has 0 atom stereocenters. The van der Waals surface area contributed by atoms with E-state index in [0.29, 0.717) is 5.82 Å². The molecular formula is C12H15N3O. The Kier molecular flexibility index (Phi) is 2.42. The van der Waals surface area contributed by atoms with Gasteiger partial charge in [-0.2, -0.15) is 4.68 Å². The van der Waals surface area contributed by atoms with Gasteiger partial charge in [0, 0.05) is 5.41 Å². The Balaban J connectivity index is 2.53. The summed E-state index contributed by atoms with van der Waals surface area (Å²) in [4.78, 5) is 14.5. The molecule has 0 aliphatic heterocycles. The van der Waals surface area contributed by atoms with E-state index in [2.05, 4.69) is 10.1 Å². The van der Waals surface area contributed by atoms with Crippen LogP contribution in [0.3, 0.4) is 0 Å². The van der Waals surface area contributed by atoms with Gasteiger partial charge in [-0.15, -0.1) is 5.10 Å². The molecule has 0 fully saturated rings. The first-order chi connectivity index (χ1) is 7.48. The van der Waals surface area contributed by atoms with Crippen LogP contribution in [-0.4, -0.2) is 14.8 Å². The van der Waals surface area contributed by atoms with Crippen molar-refractivity contribution in [3.63, 3.8) is 0 Å². The number of nitrogens with zero attached hydrogens (tertiary/aromatic N) is 2. The lowest BCUT2D eigenvalue weighted by molar-refractivity contribution is 0.543. The molecule has 0 bridgehead atoms. The summed E-state index contributed by atoms with van der Waals surface area (Å²) in [7, 11) is 0. The van der Waals surface area contributed by atoms with Crippen molar-refractivity contribution in [2.75, 3.05) is 0 Å². The summed E-state index contributed by atoms with van der Waals surface area (Å²) in [5.41, 5.74) is 0.425. The van der Waals surface area contributed by atoms with Crippen LogP contribution in [0.25, 0.3) is 5.69 Å². The van der Waals surface area contributed by atoms with Gasteiger partial charge in [-0.25, -0.2) is 4.79 Å². The van der Waals surface area contributed by atoms with Crippen molar-refractivity contribution in [1.29, 1.82) is 0 Å². The molecule has 1 N–H and O–H groups in total. The third-order valence-corrected chi connectivity index (χ3v) is 2.33. The second-order valence-electron chi connectivity index (χ2n) is 4.78. The summed E-state index contributed by atoms with van der Waals surface area (Å²) >= 11 is 0. The third kappa shape index (κ3) is 1.91. The molecule has 2 aromatic rings. The maximum Gasteiger partial charge on any atom is 0.348 e. The van der Waals surface area contributed by atoms with Gasteiger partial charge in [0.2, 0.25) is 0 Å². The van der Waals surface area contributed by atoms with E-state index in [1.165, 1.54) is 4.68 Å². The largest absolute Gasteiger partial charge is 0.348 e.